The third-order valence-corrected chi connectivity index (χ3v) is 1.11. The van der Waals surface area contributed by atoms with Gasteiger partial charge in [-0.1, -0.05) is 0 Å². The van der Waals surface area contributed by atoms with E-state index in [0.717, 1.165) is 0 Å². The minimum Gasteiger partial charge on any atom is -0.394 e. The van der Waals surface area contributed by atoms with Gasteiger partial charge >= 0.3 is 0 Å². The number of hydrogen-bond acceptors (Lipinski definition) is 4. The number of aliphatic hydroxyl groups is 2. The van der Waals surface area contributed by atoms with Crippen LogP contribution in [0.5, 0.6) is 0 Å². The fourth-order valence-corrected chi connectivity index (χ4v) is 0.461. The van der Waals surface area contributed by atoms with Crippen LogP contribution in [0, 0.1) is 0 Å². The second-order valence-corrected chi connectivity index (χ2v) is 2.18. The Balaban J connectivity index is 2.00. The van der Waals surface area contributed by atoms with Crippen molar-refractivity contribution in [2.24, 2.45) is 0 Å². The zero-order chi connectivity index (χ0) is 8.27. The molecule has 0 aliphatic carbocycles. The Kier molecular flexibility index (Phi) is 2.54. The summed E-state index contributed by atoms with van der Waals surface area (Å²) < 4.78 is 16.8. The van der Waals surface area contributed by atoms with Crippen molar-refractivity contribution in [3.05, 3.63) is 0 Å². The van der Waals surface area contributed by atoms with Crippen LogP contribution in [0.15, 0.2) is 0 Å². The molecule has 0 aromatic heterocycles. The molecule has 10 heavy (non-hydrogen) atoms. The predicted molar refractivity (Wildman–Crippen MR) is 33.7 cm³/mol. The number of epoxide rings is 1. The summed E-state index contributed by atoms with van der Waals surface area (Å²) in [6.45, 7) is -0.511. The van der Waals surface area contributed by atoms with Gasteiger partial charge in [-0.05, 0) is 0 Å². The third kappa shape index (κ3) is 3.12. The van der Waals surface area contributed by atoms with E-state index in [1.165, 1.54) is 0 Å². The standard InChI is InChI=1S/C6H12O4/c7-1-5(8)2-9-3-6-4-10-6/h5-8H,1-4H2/i3D. The molecule has 0 bridgehead atoms. The molecule has 0 aromatic rings. The van der Waals surface area contributed by atoms with Gasteiger partial charge in [0, 0.05) is 0 Å². The van der Waals surface area contributed by atoms with Crippen LogP contribution in [0.2, 0.25) is 0 Å². The summed E-state index contributed by atoms with van der Waals surface area (Å²) in [6, 6.07) is 0. The highest BCUT2D eigenvalue weighted by molar-refractivity contribution is 4.67. The molecule has 0 amide bonds. The Morgan fingerprint density at radius 2 is 2.60 bits per heavy atom. The summed E-state index contributed by atoms with van der Waals surface area (Å²) in [5.74, 6) is 0. The van der Waals surface area contributed by atoms with E-state index in [-0.39, 0.29) is 19.3 Å². The molecule has 1 saturated heterocycles. The molecule has 3 unspecified atom stereocenters. The highest BCUT2D eigenvalue weighted by Crippen LogP contribution is 2.08. The fraction of sp³-hybridized carbons (Fsp3) is 1.00. The maximum absolute atomic E-state index is 8.81. The van der Waals surface area contributed by atoms with Crippen LogP contribution >= 0.6 is 0 Å². The predicted octanol–water partition coefficient (Wildman–Crippen LogP) is -1.25. The summed E-state index contributed by atoms with van der Waals surface area (Å²) >= 11 is 0. The van der Waals surface area contributed by atoms with Crippen LogP contribution in [0.3, 0.4) is 0 Å². The smallest absolute Gasteiger partial charge is 0.104 e. The Labute approximate surface area is 60.8 Å². The molecule has 0 spiro atoms. The van der Waals surface area contributed by atoms with Crippen molar-refractivity contribution in [3.8, 4) is 0 Å². The van der Waals surface area contributed by atoms with Crippen LogP contribution in [-0.4, -0.2) is 48.8 Å². The summed E-state index contributed by atoms with van der Waals surface area (Å²) in [4.78, 5) is 0. The summed E-state index contributed by atoms with van der Waals surface area (Å²) in [5, 5.41) is 17.2. The Hall–Kier alpha value is -0.160. The number of ether oxygens (including phenoxy) is 2. The molecule has 3 atom stereocenters. The normalized spacial score (nSPS) is 31.0. The van der Waals surface area contributed by atoms with Gasteiger partial charge in [-0.3, -0.25) is 0 Å². The molecule has 1 fully saturated rings. The molecule has 1 aliphatic rings. The zero-order valence-corrected chi connectivity index (χ0v) is 5.56. The Bertz CT molecular complexity index is 117. The lowest BCUT2D eigenvalue weighted by Crippen LogP contribution is -2.20. The van der Waals surface area contributed by atoms with Crippen molar-refractivity contribution in [3.63, 3.8) is 0 Å². The van der Waals surface area contributed by atoms with E-state index in [1.54, 1.807) is 0 Å². The first-order chi connectivity index (χ1) is 5.24. The van der Waals surface area contributed by atoms with E-state index >= 15 is 0 Å². The van der Waals surface area contributed by atoms with Crippen LogP contribution in [-0.2, 0) is 9.47 Å². The second-order valence-electron chi connectivity index (χ2n) is 2.18. The van der Waals surface area contributed by atoms with Crippen LogP contribution in [0.25, 0.3) is 0 Å². The lowest BCUT2D eigenvalue weighted by molar-refractivity contribution is 0.00216. The molecular weight excluding hydrogens is 136 g/mol. The zero-order valence-electron chi connectivity index (χ0n) is 6.56. The third-order valence-electron chi connectivity index (χ3n) is 1.11. The summed E-state index contributed by atoms with van der Waals surface area (Å²) in [5.41, 5.74) is 0. The van der Waals surface area contributed by atoms with Gasteiger partial charge in [0.25, 0.3) is 0 Å². The summed E-state index contributed by atoms with van der Waals surface area (Å²) in [7, 11) is 0. The van der Waals surface area contributed by atoms with Gasteiger partial charge in [0.1, 0.15) is 12.2 Å². The largest absolute Gasteiger partial charge is 0.394 e. The second kappa shape index (κ2) is 3.88. The number of aliphatic hydroxyl groups excluding tert-OH is 2. The summed E-state index contributed by atoms with van der Waals surface area (Å²) in [6.07, 6.45) is -1.03. The van der Waals surface area contributed by atoms with Crippen molar-refractivity contribution in [2.45, 2.75) is 12.2 Å². The van der Waals surface area contributed by atoms with Crippen LogP contribution in [0.1, 0.15) is 1.37 Å². The lowest BCUT2D eigenvalue weighted by Gasteiger charge is -2.05. The van der Waals surface area contributed by atoms with Gasteiger partial charge in [-0.15, -0.1) is 0 Å². The van der Waals surface area contributed by atoms with E-state index in [0.29, 0.717) is 6.61 Å². The Morgan fingerprint density at radius 3 is 3.10 bits per heavy atom. The average Bonchev–Trinajstić information content (AvgIpc) is 2.81. The maximum atomic E-state index is 8.81. The van der Waals surface area contributed by atoms with Crippen molar-refractivity contribution in [2.75, 3.05) is 26.4 Å². The van der Waals surface area contributed by atoms with Gasteiger partial charge in [-0.2, -0.15) is 0 Å². The minimum atomic E-state index is -0.887. The van der Waals surface area contributed by atoms with Gasteiger partial charge in [0.2, 0.25) is 0 Å². The lowest BCUT2D eigenvalue weighted by atomic mass is 10.4. The van der Waals surface area contributed by atoms with Gasteiger partial charge in [0.05, 0.1) is 27.8 Å². The quantitative estimate of drug-likeness (QED) is 0.480. The molecular formula is C6H12O4. The van der Waals surface area contributed by atoms with E-state index in [9.17, 15) is 0 Å². The van der Waals surface area contributed by atoms with Crippen molar-refractivity contribution < 1.29 is 21.1 Å². The van der Waals surface area contributed by atoms with Crippen molar-refractivity contribution in [1.29, 1.82) is 0 Å². The maximum Gasteiger partial charge on any atom is 0.104 e. The first kappa shape index (κ1) is 6.54. The molecule has 0 aromatic carbocycles. The average molecular weight is 149 g/mol. The number of rotatable bonds is 5. The first-order valence-electron chi connectivity index (χ1n) is 3.76. The van der Waals surface area contributed by atoms with E-state index in [1.807, 2.05) is 0 Å². The van der Waals surface area contributed by atoms with Gasteiger partial charge < -0.3 is 19.7 Å². The van der Waals surface area contributed by atoms with E-state index in [2.05, 4.69) is 0 Å². The van der Waals surface area contributed by atoms with Gasteiger partial charge in [0.15, 0.2) is 0 Å². The molecule has 4 nitrogen and oxygen atoms in total. The molecule has 0 saturated carbocycles. The van der Waals surface area contributed by atoms with Crippen LogP contribution in [0.4, 0.5) is 0 Å². The molecule has 1 aliphatic heterocycles. The molecule has 1 rings (SSSR count). The topological polar surface area (TPSA) is 62.2 Å². The Morgan fingerprint density at radius 1 is 1.90 bits per heavy atom. The van der Waals surface area contributed by atoms with Crippen molar-refractivity contribution in [1.82, 2.24) is 0 Å². The molecule has 4 heteroatoms. The highest BCUT2D eigenvalue weighted by atomic mass is 16.6. The molecule has 60 valence electrons. The van der Waals surface area contributed by atoms with E-state index in [4.69, 9.17) is 21.1 Å². The first-order valence-corrected chi connectivity index (χ1v) is 3.18. The van der Waals surface area contributed by atoms with Gasteiger partial charge in [-0.25, -0.2) is 0 Å². The van der Waals surface area contributed by atoms with E-state index < -0.39 is 12.7 Å². The molecule has 0 radical (unpaired) electrons. The monoisotopic (exact) mass is 149 g/mol. The molecule has 2 N–H and O–H groups in total. The minimum absolute atomic E-state index is 0.00940. The number of hydrogen-bond donors (Lipinski definition) is 2. The highest BCUT2D eigenvalue weighted by Gasteiger charge is 2.22. The molecule has 1 heterocycles. The van der Waals surface area contributed by atoms with Crippen molar-refractivity contribution >= 4 is 0 Å². The fourth-order valence-electron chi connectivity index (χ4n) is 0.461. The van der Waals surface area contributed by atoms with Crippen LogP contribution < -0.4 is 0 Å². The SMILES string of the molecule is [2H]C(OCC(O)CO)C1CO1.